The summed E-state index contributed by atoms with van der Waals surface area (Å²) in [5, 5.41) is 0. The summed E-state index contributed by atoms with van der Waals surface area (Å²) in [7, 11) is 0. The third kappa shape index (κ3) is 3.94. The fraction of sp³-hybridized carbons (Fsp3) is 0.905. The van der Waals surface area contributed by atoms with E-state index in [0.29, 0.717) is 45.8 Å². The molecule has 0 aromatic carbocycles. The fourth-order valence-corrected chi connectivity index (χ4v) is 15.6. The molecule has 8 rings (SSSR count). The number of fused-ring (bicyclic) bond motifs is 6. The summed E-state index contributed by atoms with van der Waals surface area (Å²) in [6.45, 7) is 31.1. The summed E-state index contributed by atoms with van der Waals surface area (Å²) in [6, 6.07) is 0. The van der Waals surface area contributed by atoms with Crippen molar-refractivity contribution in [2.24, 2.45) is 63.1 Å². The van der Waals surface area contributed by atoms with Crippen LogP contribution >= 0.6 is 0 Å². The van der Waals surface area contributed by atoms with Gasteiger partial charge in [0.25, 0.3) is 0 Å². The van der Waals surface area contributed by atoms with Crippen molar-refractivity contribution in [2.45, 2.75) is 176 Å². The van der Waals surface area contributed by atoms with Crippen molar-refractivity contribution >= 4 is 0 Å². The molecule has 15 atom stereocenters. The van der Waals surface area contributed by atoms with Crippen molar-refractivity contribution in [2.75, 3.05) is 0 Å². The maximum Gasteiger partial charge on any atom is 0.186 e. The lowest BCUT2D eigenvalue weighted by atomic mass is 9.61. The van der Waals surface area contributed by atoms with Gasteiger partial charge in [-0.15, -0.1) is 0 Å². The van der Waals surface area contributed by atoms with E-state index >= 15 is 0 Å². The average Bonchev–Trinajstić information content (AvgIpc) is 3.63. The number of ether oxygens (including phenoxy) is 4. The smallest absolute Gasteiger partial charge is 0.186 e. The summed E-state index contributed by atoms with van der Waals surface area (Å²) in [5.41, 5.74) is 3.56. The second kappa shape index (κ2) is 9.35. The molecule has 0 N–H and O–H groups in total. The first kappa shape index (κ1) is 32.5. The highest BCUT2D eigenvalue weighted by atomic mass is 16.8. The van der Waals surface area contributed by atoms with E-state index in [1.165, 1.54) is 49.7 Å². The molecule has 2 aliphatic heterocycles. The Balaban J connectivity index is 1.02. The minimum atomic E-state index is -0.643. The van der Waals surface area contributed by atoms with E-state index in [-0.39, 0.29) is 28.8 Å². The predicted octanol–water partition coefficient (Wildman–Crippen LogP) is 10.3. The summed E-state index contributed by atoms with van der Waals surface area (Å²) >= 11 is 0. The normalized spacial score (nSPS) is 58.9. The summed E-state index contributed by atoms with van der Waals surface area (Å²) in [4.78, 5) is 0. The van der Waals surface area contributed by atoms with Gasteiger partial charge in [-0.1, -0.05) is 52.7 Å². The molecule has 1 unspecified atom stereocenters. The van der Waals surface area contributed by atoms with Crippen LogP contribution in [0.15, 0.2) is 23.3 Å². The highest BCUT2D eigenvalue weighted by Crippen LogP contribution is 2.77. The van der Waals surface area contributed by atoms with Gasteiger partial charge in [-0.05, 0) is 175 Å². The average molecular weight is 635 g/mol. The van der Waals surface area contributed by atoms with Crippen molar-refractivity contribution in [3.63, 3.8) is 0 Å². The number of allylic oxidation sites excluding steroid dienone is 2. The minimum Gasteiger partial charge on any atom is -0.340 e. The molecule has 0 aromatic heterocycles. The van der Waals surface area contributed by atoms with E-state index in [1.54, 1.807) is 0 Å². The fourth-order valence-electron chi connectivity index (χ4n) is 15.6. The van der Waals surface area contributed by atoms with Crippen molar-refractivity contribution in [1.29, 1.82) is 0 Å². The Labute approximate surface area is 281 Å². The molecule has 8 aliphatic rings. The van der Waals surface area contributed by atoms with Crippen LogP contribution in [0, 0.1) is 63.1 Å². The Morgan fingerprint density at radius 2 is 1.15 bits per heavy atom. The highest BCUT2D eigenvalue weighted by Gasteiger charge is 2.76. The van der Waals surface area contributed by atoms with Crippen molar-refractivity contribution in [3.8, 4) is 0 Å². The molecule has 46 heavy (non-hydrogen) atoms. The molecule has 2 heterocycles. The summed E-state index contributed by atoms with van der Waals surface area (Å²) in [5.74, 6) is 3.45. The zero-order chi connectivity index (χ0) is 33.3. The van der Waals surface area contributed by atoms with Crippen LogP contribution in [0.25, 0.3) is 0 Å². The Kier molecular flexibility index (Phi) is 6.61. The Hall–Kier alpha value is -0.680. The third-order valence-electron chi connectivity index (χ3n) is 17.2. The van der Waals surface area contributed by atoms with Gasteiger partial charge in [-0.3, -0.25) is 0 Å². The first-order chi connectivity index (χ1) is 21.1. The molecule has 4 nitrogen and oxygen atoms in total. The monoisotopic (exact) mass is 634 g/mol. The number of hydrogen-bond donors (Lipinski definition) is 0. The molecule has 258 valence electrons. The summed E-state index contributed by atoms with van der Waals surface area (Å²) < 4.78 is 28.1. The van der Waals surface area contributed by atoms with Crippen molar-refractivity contribution in [3.05, 3.63) is 23.3 Å². The molecule has 0 radical (unpaired) electrons. The van der Waals surface area contributed by atoms with Crippen LogP contribution in [0.1, 0.15) is 141 Å². The maximum atomic E-state index is 7.21. The zero-order valence-corrected chi connectivity index (χ0v) is 31.6. The van der Waals surface area contributed by atoms with Crippen LogP contribution < -0.4 is 0 Å². The quantitative estimate of drug-likeness (QED) is 0.288. The Bertz CT molecular complexity index is 1370. The largest absolute Gasteiger partial charge is 0.340 e. The zero-order valence-electron chi connectivity index (χ0n) is 31.6. The molecular weight excluding hydrogens is 568 g/mol. The van der Waals surface area contributed by atoms with Crippen molar-refractivity contribution < 1.29 is 18.9 Å². The van der Waals surface area contributed by atoms with Crippen LogP contribution in [-0.2, 0) is 18.9 Å². The van der Waals surface area contributed by atoms with Crippen LogP contribution in [0.5, 0.6) is 0 Å². The van der Waals surface area contributed by atoms with Crippen LogP contribution in [0.4, 0.5) is 0 Å². The molecule has 2 spiro atoms. The Morgan fingerprint density at radius 1 is 0.630 bits per heavy atom. The molecular formula is C42H66O4. The number of hydrogen-bond acceptors (Lipinski definition) is 4. The van der Waals surface area contributed by atoms with E-state index in [2.05, 4.69) is 102 Å². The first-order valence-electron chi connectivity index (χ1n) is 19.2. The molecule has 4 bridgehead atoms. The topological polar surface area (TPSA) is 36.9 Å². The van der Waals surface area contributed by atoms with E-state index in [0.717, 1.165) is 24.7 Å². The van der Waals surface area contributed by atoms with Crippen LogP contribution in [-0.4, -0.2) is 35.0 Å². The molecule has 6 aliphatic carbocycles. The molecule has 8 fully saturated rings. The van der Waals surface area contributed by atoms with Gasteiger partial charge in [-0.25, -0.2) is 0 Å². The standard InChI is InChI=1S/C42H66O4/c1-24(2)18-37(10)43-34-23-42-21-32(40(34,13)45-37)36(8,9)30(42)17-28(27(42)5)16-25(3)19-38(11)44-33-22-41-20-31(39(33,12)46-38)35(6,7)29(41)15-14-26(41)4/h18-19,26-34H,14-17,20-23H2,1-13H3/b25-19+/t26-,27-,28?,29+,30+,31-,32-,33+,34+,37+,38-,39-,40-,41-,42-/m1/s1. The van der Waals surface area contributed by atoms with Gasteiger partial charge >= 0.3 is 0 Å². The predicted molar refractivity (Wildman–Crippen MR) is 184 cm³/mol. The highest BCUT2D eigenvalue weighted by molar-refractivity contribution is 5.26. The number of rotatable bonds is 4. The van der Waals surface area contributed by atoms with E-state index in [9.17, 15) is 0 Å². The lowest BCUT2D eigenvalue weighted by Crippen LogP contribution is -2.52. The third-order valence-corrected chi connectivity index (χ3v) is 17.2. The van der Waals surface area contributed by atoms with Gasteiger partial charge in [0.1, 0.15) is 0 Å². The molecule has 2 saturated heterocycles. The van der Waals surface area contributed by atoms with E-state index in [4.69, 9.17) is 18.9 Å². The van der Waals surface area contributed by atoms with E-state index < -0.39 is 11.6 Å². The van der Waals surface area contributed by atoms with Crippen LogP contribution in [0.3, 0.4) is 0 Å². The van der Waals surface area contributed by atoms with Crippen molar-refractivity contribution in [1.82, 2.24) is 0 Å². The maximum absolute atomic E-state index is 7.21. The van der Waals surface area contributed by atoms with Gasteiger partial charge in [-0.2, -0.15) is 0 Å². The van der Waals surface area contributed by atoms with Gasteiger partial charge < -0.3 is 18.9 Å². The second-order valence-electron chi connectivity index (χ2n) is 20.6. The van der Waals surface area contributed by atoms with Gasteiger partial charge in [0.15, 0.2) is 11.6 Å². The summed E-state index contributed by atoms with van der Waals surface area (Å²) in [6.07, 6.45) is 15.0. The lowest BCUT2D eigenvalue weighted by Gasteiger charge is -2.48. The van der Waals surface area contributed by atoms with Gasteiger partial charge in [0.2, 0.25) is 0 Å². The van der Waals surface area contributed by atoms with Gasteiger partial charge in [0, 0.05) is 0 Å². The molecule has 6 saturated carbocycles. The molecule has 0 amide bonds. The molecule has 4 heteroatoms. The second-order valence-corrected chi connectivity index (χ2v) is 20.6. The first-order valence-corrected chi connectivity index (χ1v) is 19.2. The molecule has 0 aromatic rings. The minimum absolute atomic E-state index is 0.151. The SMILES string of the molecule is CC(C)=C[C@@]1(C)O[C@H]2C[C@@]34C[C@H](C(C)(C)[C@@H]3CC(C/C(C)=C/[C@]3(C)O[C@H]5C[C@@]67C[C@H](C(C)(C)[C@@H]6CC[C@H]7C)[C@@]5(C)O3)[C@H]4C)[C@@]2(C)O1. The van der Waals surface area contributed by atoms with E-state index in [1.807, 2.05) is 0 Å². The Morgan fingerprint density at radius 3 is 1.74 bits per heavy atom. The van der Waals surface area contributed by atoms with Crippen LogP contribution in [0.2, 0.25) is 0 Å². The lowest BCUT2D eigenvalue weighted by molar-refractivity contribution is -0.159. The van der Waals surface area contributed by atoms with Gasteiger partial charge in [0.05, 0.1) is 23.4 Å².